The van der Waals surface area contributed by atoms with Crippen LogP contribution in [0.4, 0.5) is 0 Å². The molecular formula is C20H32N2O2. The van der Waals surface area contributed by atoms with Crippen molar-refractivity contribution in [3.63, 3.8) is 0 Å². The zero-order valence-corrected chi connectivity index (χ0v) is 15.2. The molecule has 0 aromatic heterocycles. The molecule has 0 unspecified atom stereocenters. The highest BCUT2D eigenvalue weighted by Gasteiger charge is 2.54. The van der Waals surface area contributed by atoms with Crippen LogP contribution in [0.25, 0.3) is 0 Å². The molecule has 5 fully saturated rings. The van der Waals surface area contributed by atoms with Crippen LogP contribution < -0.4 is 5.32 Å². The molecule has 0 radical (unpaired) electrons. The molecule has 5 rings (SSSR count). The van der Waals surface area contributed by atoms with Gasteiger partial charge < -0.3 is 10.2 Å². The van der Waals surface area contributed by atoms with E-state index in [1.54, 1.807) is 0 Å². The molecule has 4 nitrogen and oxygen atoms in total. The molecule has 0 aromatic rings. The Morgan fingerprint density at radius 2 is 1.58 bits per heavy atom. The number of amides is 2. The molecule has 4 bridgehead atoms. The molecule has 1 N–H and O–H groups in total. The van der Waals surface area contributed by atoms with E-state index in [1.807, 2.05) is 4.90 Å². The molecule has 0 spiro atoms. The van der Waals surface area contributed by atoms with E-state index in [0.29, 0.717) is 19.0 Å². The Morgan fingerprint density at radius 1 is 1.04 bits per heavy atom. The van der Waals surface area contributed by atoms with Crippen LogP contribution in [0.15, 0.2) is 0 Å². The summed E-state index contributed by atoms with van der Waals surface area (Å²) in [6.45, 7) is 4.68. The van der Waals surface area contributed by atoms with Crippen molar-refractivity contribution >= 4 is 11.8 Å². The van der Waals surface area contributed by atoms with Crippen LogP contribution in [-0.2, 0) is 9.59 Å². The topological polar surface area (TPSA) is 49.4 Å². The summed E-state index contributed by atoms with van der Waals surface area (Å²) < 4.78 is 0. The van der Waals surface area contributed by atoms with Crippen LogP contribution >= 0.6 is 0 Å². The van der Waals surface area contributed by atoms with E-state index >= 15 is 0 Å². The van der Waals surface area contributed by atoms with E-state index in [2.05, 4.69) is 19.2 Å². The van der Waals surface area contributed by atoms with Crippen molar-refractivity contribution in [2.75, 3.05) is 6.54 Å². The van der Waals surface area contributed by atoms with Crippen molar-refractivity contribution in [2.45, 2.75) is 83.7 Å². The highest BCUT2D eigenvalue weighted by molar-refractivity contribution is 5.84. The van der Waals surface area contributed by atoms with Crippen molar-refractivity contribution in [2.24, 2.45) is 23.2 Å². The highest BCUT2D eigenvalue weighted by atomic mass is 16.2. The monoisotopic (exact) mass is 332 g/mol. The zero-order valence-electron chi connectivity index (χ0n) is 15.2. The molecule has 0 aromatic carbocycles. The summed E-state index contributed by atoms with van der Waals surface area (Å²) in [5, 5.41) is 3.14. The quantitative estimate of drug-likeness (QED) is 0.812. The second-order valence-electron chi connectivity index (χ2n) is 9.33. The predicted octanol–water partition coefficient (Wildman–Crippen LogP) is 3.11. The van der Waals surface area contributed by atoms with E-state index in [9.17, 15) is 9.59 Å². The number of rotatable bonds is 6. The van der Waals surface area contributed by atoms with E-state index in [0.717, 1.165) is 49.9 Å². The second kappa shape index (κ2) is 6.03. The molecule has 0 saturated heterocycles. The number of carbonyl (C=O) groups is 2. The Morgan fingerprint density at radius 3 is 2.04 bits per heavy atom. The molecule has 0 aliphatic heterocycles. The second-order valence-corrected chi connectivity index (χ2v) is 9.33. The standard InChI is InChI=1S/C20H32N2O2/c1-13(2)22(17-3-4-17)18(23)5-6-21-19(24)20-10-14-7-15(11-20)9-16(8-14)12-20/h13-17H,3-12H2,1-2H3,(H,21,24). The van der Waals surface area contributed by atoms with Crippen molar-refractivity contribution in [3.05, 3.63) is 0 Å². The third kappa shape index (κ3) is 2.97. The third-order valence-corrected chi connectivity index (χ3v) is 6.93. The van der Waals surface area contributed by atoms with Crippen molar-refractivity contribution in [1.29, 1.82) is 0 Å². The fourth-order valence-electron chi connectivity index (χ4n) is 6.25. The van der Waals surface area contributed by atoms with Gasteiger partial charge in [0.25, 0.3) is 0 Å². The lowest BCUT2D eigenvalue weighted by molar-refractivity contribution is -0.146. The third-order valence-electron chi connectivity index (χ3n) is 6.93. The summed E-state index contributed by atoms with van der Waals surface area (Å²) in [5.41, 5.74) is -0.0912. The van der Waals surface area contributed by atoms with Gasteiger partial charge in [-0.1, -0.05) is 0 Å². The van der Waals surface area contributed by atoms with Gasteiger partial charge in [-0.15, -0.1) is 0 Å². The Hall–Kier alpha value is -1.06. The van der Waals surface area contributed by atoms with Crippen LogP contribution in [0.2, 0.25) is 0 Å². The summed E-state index contributed by atoms with van der Waals surface area (Å²) in [6.07, 6.45) is 10.1. The van der Waals surface area contributed by atoms with E-state index in [-0.39, 0.29) is 23.3 Å². The van der Waals surface area contributed by atoms with Gasteiger partial charge in [0, 0.05) is 30.5 Å². The molecular weight excluding hydrogens is 300 g/mol. The summed E-state index contributed by atoms with van der Waals surface area (Å²) in [5.74, 6) is 2.81. The zero-order chi connectivity index (χ0) is 16.9. The molecule has 5 aliphatic carbocycles. The summed E-state index contributed by atoms with van der Waals surface area (Å²) >= 11 is 0. The minimum absolute atomic E-state index is 0.0912. The minimum atomic E-state index is -0.0912. The van der Waals surface area contributed by atoms with E-state index in [1.165, 1.54) is 19.3 Å². The Labute approximate surface area is 145 Å². The van der Waals surface area contributed by atoms with Gasteiger partial charge in [-0.2, -0.15) is 0 Å². The maximum atomic E-state index is 12.9. The van der Waals surface area contributed by atoms with E-state index in [4.69, 9.17) is 0 Å². The van der Waals surface area contributed by atoms with Gasteiger partial charge >= 0.3 is 0 Å². The smallest absolute Gasteiger partial charge is 0.226 e. The number of nitrogens with zero attached hydrogens (tertiary/aromatic N) is 1. The number of hydrogen-bond acceptors (Lipinski definition) is 2. The largest absolute Gasteiger partial charge is 0.355 e. The van der Waals surface area contributed by atoms with Crippen LogP contribution in [-0.4, -0.2) is 35.3 Å². The van der Waals surface area contributed by atoms with Gasteiger partial charge in [0.2, 0.25) is 11.8 Å². The van der Waals surface area contributed by atoms with Gasteiger partial charge in [0.15, 0.2) is 0 Å². The molecule has 24 heavy (non-hydrogen) atoms. The van der Waals surface area contributed by atoms with Gasteiger partial charge in [-0.05, 0) is 83.0 Å². The number of carbonyl (C=O) groups excluding carboxylic acids is 2. The minimum Gasteiger partial charge on any atom is -0.355 e. The maximum absolute atomic E-state index is 12.9. The van der Waals surface area contributed by atoms with Gasteiger partial charge in [0.1, 0.15) is 0 Å². The van der Waals surface area contributed by atoms with Crippen LogP contribution in [0.5, 0.6) is 0 Å². The lowest BCUT2D eigenvalue weighted by atomic mass is 9.49. The first-order valence-corrected chi connectivity index (χ1v) is 10.1. The average molecular weight is 332 g/mol. The normalized spacial score (nSPS) is 36.9. The Balaban J connectivity index is 1.30. The first-order chi connectivity index (χ1) is 11.5. The van der Waals surface area contributed by atoms with Gasteiger partial charge in [0.05, 0.1) is 0 Å². The van der Waals surface area contributed by atoms with Gasteiger partial charge in [-0.3, -0.25) is 9.59 Å². The number of hydrogen-bond donors (Lipinski definition) is 1. The van der Waals surface area contributed by atoms with Crippen molar-refractivity contribution in [3.8, 4) is 0 Å². The lowest BCUT2D eigenvalue weighted by Crippen LogP contribution is -2.54. The summed E-state index contributed by atoms with van der Waals surface area (Å²) in [7, 11) is 0. The molecule has 2 amide bonds. The first kappa shape index (κ1) is 16.4. The molecule has 5 aliphatic rings. The maximum Gasteiger partial charge on any atom is 0.226 e. The Bertz CT molecular complexity index is 486. The van der Waals surface area contributed by atoms with Crippen molar-refractivity contribution in [1.82, 2.24) is 10.2 Å². The van der Waals surface area contributed by atoms with Crippen LogP contribution in [0, 0.1) is 23.2 Å². The van der Waals surface area contributed by atoms with Crippen LogP contribution in [0.1, 0.15) is 71.6 Å². The fraction of sp³-hybridized carbons (Fsp3) is 0.900. The molecule has 5 saturated carbocycles. The first-order valence-electron chi connectivity index (χ1n) is 10.1. The van der Waals surface area contributed by atoms with Crippen LogP contribution in [0.3, 0.4) is 0 Å². The summed E-state index contributed by atoms with van der Waals surface area (Å²) in [4.78, 5) is 27.4. The average Bonchev–Trinajstić information content (AvgIpc) is 3.30. The van der Waals surface area contributed by atoms with Crippen molar-refractivity contribution < 1.29 is 9.59 Å². The SMILES string of the molecule is CC(C)N(C(=O)CCNC(=O)C12CC3CC(CC(C3)C1)C2)C1CC1. The molecule has 4 heteroatoms. The molecule has 134 valence electrons. The lowest BCUT2D eigenvalue weighted by Gasteiger charge is -2.55. The fourth-order valence-corrected chi connectivity index (χ4v) is 6.25. The predicted molar refractivity (Wildman–Crippen MR) is 93.2 cm³/mol. The number of nitrogens with one attached hydrogen (secondary N) is 1. The van der Waals surface area contributed by atoms with Gasteiger partial charge in [-0.25, -0.2) is 0 Å². The highest BCUT2D eigenvalue weighted by Crippen LogP contribution is 2.60. The molecule has 0 atom stereocenters. The van der Waals surface area contributed by atoms with E-state index < -0.39 is 0 Å². The Kier molecular flexibility index (Phi) is 4.12. The summed E-state index contributed by atoms with van der Waals surface area (Å²) in [6, 6.07) is 0.722. The molecule has 0 heterocycles.